The zero-order valence-corrected chi connectivity index (χ0v) is 17.4. The highest BCUT2D eigenvalue weighted by atomic mass is 32.2. The van der Waals surface area contributed by atoms with Gasteiger partial charge in [0.1, 0.15) is 5.37 Å². The molecule has 4 rings (SSSR count). The highest BCUT2D eigenvalue weighted by Crippen LogP contribution is 2.35. The first-order chi connectivity index (χ1) is 15.3. The zero-order valence-electron chi connectivity index (χ0n) is 16.6. The van der Waals surface area contributed by atoms with E-state index in [1.807, 2.05) is 35.7 Å². The number of aliphatic carboxylic acids is 2. The van der Waals surface area contributed by atoms with Crippen molar-refractivity contribution in [2.75, 3.05) is 7.11 Å². The van der Waals surface area contributed by atoms with Gasteiger partial charge in [-0.25, -0.2) is 14.4 Å². The van der Waals surface area contributed by atoms with Gasteiger partial charge in [0, 0.05) is 34.9 Å². The molecule has 1 aliphatic heterocycles. The number of carbonyl (C=O) groups excluding carboxylic acids is 2. The number of nitrogens with zero attached hydrogens (tertiary/aromatic N) is 2. The average molecular weight is 455 g/mol. The predicted octanol–water partition coefficient (Wildman–Crippen LogP) is 2.87. The summed E-state index contributed by atoms with van der Waals surface area (Å²) in [5, 5.41) is 20.5. The Bertz CT molecular complexity index is 1210. The summed E-state index contributed by atoms with van der Waals surface area (Å²) >= 11 is 1.52. The van der Waals surface area contributed by atoms with E-state index < -0.39 is 18.0 Å². The SMILES string of the molecule is COC(=O)n1cc(C(=O)C2=CSC(c3cccnc3)N2)c2ccccc21.O=C(O)C(=O)O. The predicted molar refractivity (Wildman–Crippen MR) is 115 cm³/mol. The standard InChI is InChI=1S/C19H15N3O3S.C2H2O4/c1-25-19(24)22-10-14(13-6-2-3-7-16(13)22)17(23)15-11-26-18(21-15)12-5-4-8-20-9-12;3-1(4)2(5)6/h2-11,18,21H,1H3;(H,3,4)(H,5,6). The highest BCUT2D eigenvalue weighted by molar-refractivity contribution is 8.02. The summed E-state index contributed by atoms with van der Waals surface area (Å²) in [4.78, 5) is 47.4. The van der Waals surface area contributed by atoms with E-state index in [2.05, 4.69) is 10.3 Å². The molecule has 2 aromatic heterocycles. The van der Waals surface area contributed by atoms with E-state index in [1.54, 1.807) is 18.5 Å². The number of carboxylic acid groups (broad SMARTS) is 2. The van der Waals surface area contributed by atoms with E-state index in [0.717, 1.165) is 5.56 Å². The zero-order chi connectivity index (χ0) is 23.3. The van der Waals surface area contributed by atoms with Crippen LogP contribution in [0.1, 0.15) is 21.3 Å². The summed E-state index contributed by atoms with van der Waals surface area (Å²) in [6.07, 6.45) is 4.49. The molecule has 0 amide bonds. The summed E-state index contributed by atoms with van der Waals surface area (Å²) in [6.45, 7) is 0. The minimum atomic E-state index is -1.82. The third-order valence-electron chi connectivity index (χ3n) is 4.35. The Hall–Kier alpha value is -4.12. The van der Waals surface area contributed by atoms with Gasteiger partial charge in [0.15, 0.2) is 0 Å². The Morgan fingerprint density at radius 3 is 2.44 bits per heavy atom. The third-order valence-corrected chi connectivity index (χ3v) is 5.39. The first-order valence-corrected chi connectivity index (χ1v) is 9.99. The second-order valence-corrected chi connectivity index (χ2v) is 7.30. The molecule has 0 saturated carbocycles. The molecule has 10 nitrogen and oxygen atoms in total. The molecule has 3 aromatic rings. The molecule has 32 heavy (non-hydrogen) atoms. The quantitative estimate of drug-likeness (QED) is 0.398. The van der Waals surface area contributed by atoms with Crippen LogP contribution >= 0.6 is 11.8 Å². The Morgan fingerprint density at radius 2 is 1.81 bits per heavy atom. The van der Waals surface area contributed by atoms with Crippen LogP contribution in [0, 0.1) is 0 Å². The van der Waals surface area contributed by atoms with E-state index in [0.29, 0.717) is 22.2 Å². The van der Waals surface area contributed by atoms with E-state index in [-0.39, 0.29) is 11.2 Å². The number of nitrogens with one attached hydrogen (secondary N) is 1. The minimum Gasteiger partial charge on any atom is -0.473 e. The summed E-state index contributed by atoms with van der Waals surface area (Å²) in [6, 6.07) is 11.1. The summed E-state index contributed by atoms with van der Waals surface area (Å²) in [5.41, 5.74) is 2.58. The Kier molecular flexibility index (Phi) is 6.90. The van der Waals surface area contributed by atoms with Crippen molar-refractivity contribution in [1.82, 2.24) is 14.9 Å². The van der Waals surface area contributed by atoms with Crippen molar-refractivity contribution < 1.29 is 34.1 Å². The van der Waals surface area contributed by atoms with Crippen LogP contribution in [0.25, 0.3) is 10.9 Å². The lowest BCUT2D eigenvalue weighted by Crippen LogP contribution is -2.19. The monoisotopic (exact) mass is 455 g/mol. The molecule has 0 aliphatic carbocycles. The number of methoxy groups -OCH3 is 1. The van der Waals surface area contributed by atoms with Gasteiger partial charge in [0.25, 0.3) is 0 Å². The van der Waals surface area contributed by atoms with Crippen LogP contribution in [0.15, 0.2) is 66.1 Å². The van der Waals surface area contributed by atoms with Crippen molar-refractivity contribution >= 4 is 46.5 Å². The number of carboxylic acids is 2. The lowest BCUT2D eigenvalue weighted by molar-refractivity contribution is -0.159. The number of ether oxygens (including phenoxy) is 1. The van der Waals surface area contributed by atoms with Crippen LogP contribution in [-0.4, -0.2) is 50.7 Å². The number of rotatable bonds is 3. The van der Waals surface area contributed by atoms with Gasteiger partial charge < -0.3 is 20.3 Å². The molecule has 11 heteroatoms. The van der Waals surface area contributed by atoms with Crippen molar-refractivity contribution in [2.45, 2.75) is 5.37 Å². The fourth-order valence-electron chi connectivity index (χ4n) is 2.91. The lowest BCUT2D eigenvalue weighted by Gasteiger charge is -2.11. The number of thioether (sulfide) groups is 1. The highest BCUT2D eigenvalue weighted by Gasteiger charge is 2.27. The van der Waals surface area contributed by atoms with Crippen molar-refractivity contribution in [3.8, 4) is 0 Å². The fraction of sp³-hybridized carbons (Fsp3) is 0.0952. The van der Waals surface area contributed by atoms with E-state index in [1.165, 1.54) is 29.6 Å². The normalized spacial score (nSPS) is 14.5. The van der Waals surface area contributed by atoms with Gasteiger partial charge in [-0.1, -0.05) is 24.3 Å². The molecule has 1 unspecified atom stereocenters. The number of aromatic nitrogens is 2. The summed E-state index contributed by atoms with van der Waals surface area (Å²) in [5.74, 6) is -3.81. The van der Waals surface area contributed by atoms with Gasteiger partial charge >= 0.3 is 18.0 Å². The van der Waals surface area contributed by atoms with Crippen LogP contribution in [0.2, 0.25) is 0 Å². The van der Waals surface area contributed by atoms with Gasteiger partial charge in [-0.3, -0.25) is 14.3 Å². The van der Waals surface area contributed by atoms with E-state index >= 15 is 0 Å². The number of allylic oxidation sites excluding steroid dienone is 1. The summed E-state index contributed by atoms with van der Waals surface area (Å²) < 4.78 is 6.16. The molecular weight excluding hydrogens is 438 g/mol. The average Bonchev–Trinajstić information content (AvgIpc) is 3.45. The molecule has 3 N–H and O–H groups in total. The topological polar surface area (TPSA) is 148 Å². The number of benzene rings is 1. The smallest absolute Gasteiger partial charge is 0.418 e. The van der Waals surface area contributed by atoms with Crippen LogP contribution in [0.3, 0.4) is 0 Å². The maximum Gasteiger partial charge on any atom is 0.418 e. The second-order valence-electron chi connectivity index (χ2n) is 6.32. The van der Waals surface area contributed by atoms with Gasteiger partial charge in [0.2, 0.25) is 5.78 Å². The third kappa shape index (κ3) is 4.78. The van der Waals surface area contributed by atoms with Crippen LogP contribution in [0.4, 0.5) is 4.79 Å². The number of pyridine rings is 1. The van der Waals surface area contributed by atoms with Gasteiger partial charge in [0.05, 0.1) is 23.9 Å². The van der Waals surface area contributed by atoms with Crippen molar-refractivity contribution in [3.63, 3.8) is 0 Å². The van der Waals surface area contributed by atoms with Crippen LogP contribution in [-0.2, 0) is 14.3 Å². The maximum atomic E-state index is 13.0. The molecule has 1 atom stereocenters. The number of fused-ring (bicyclic) bond motifs is 1. The van der Waals surface area contributed by atoms with Gasteiger partial charge in [-0.05, 0) is 12.1 Å². The largest absolute Gasteiger partial charge is 0.473 e. The van der Waals surface area contributed by atoms with Crippen LogP contribution in [0.5, 0.6) is 0 Å². The lowest BCUT2D eigenvalue weighted by atomic mass is 10.1. The van der Waals surface area contributed by atoms with E-state index in [4.69, 9.17) is 24.5 Å². The van der Waals surface area contributed by atoms with Crippen molar-refractivity contribution in [2.24, 2.45) is 0 Å². The molecular formula is C21H17N3O7S. The molecule has 164 valence electrons. The van der Waals surface area contributed by atoms with Crippen molar-refractivity contribution in [1.29, 1.82) is 0 Å². The molecule has 0 saturated heterocycles. The van der Waals surface area contributed by atoms with E-state index in [9.17, 15) is 9.59 Å². The number of para-hydroxylation sites is 1. The number of carbonyl (C=O) groups is 4. The fourth-order valence-corrected chi connectivity index (χ4v) is 3.85. The Morgan fingerprint density at radius 1 is 1.09 bits per heavy atom. The van der Waals surface area contributed by atoms with Gasteiger partial charge in [-0.15, -0.1) is 11.8 Å². The van der Waals surface area contributed by atoms with Crippen molar-refractivity contribution in [3.05, 3.63) is 77.2 Å². The number of ketones is 1. The minimum absolute atomic E-state index is 0.0587. The van der Waals surface area contributed by atoms with Gasteiger partial charge in [-0.2, -0.15) is 0 Å². The molecule has 1 aliphatic rings. The number of hydrogen-bond acceptors (Lipinski definition) is 8. The first-order valence-electron chi connectivity index (χ1n) is 9.05. The summed E-state index contributed by atoms with van der Waals surface area (Å²) in [7, 11) is 1.31. The number of hydrogen-bond donors (Lipinski definition) is 3. The Labute approximate surface area is 185 Å². The maximum absolute atomic E-state index is 13.0. The molecule has 0 spiro atoms. The molecule has 3 heterocycles. The molecule has 0 radical (unpaired) electrons. The molecule has 0 bridgehead atoms. The van der Waals surface area contributed by atoms with Crippen LogP contribution < -0.4 is 5.32 Å². The molecule has 0 fully saturated rings. The first kappa shape index (κ1) is 22.6. The molecule has 1 aromatic carbocycles. The number of Topliss-reactive ketones (excluding diaryl/α,β-unsaturated/α-hetero) is 1. The Balaban J connectivity index is 0.000000427. The second kappa shape index (κ2) is 9.79.